The van der Waals surface area contributed by atoms with Crippen LogP contribution in [0, 0.1) is 0 Å². The van der Waals surface area contributed by atoms with Gasteiger partial charge in [-0.1, -0.05) is 30.3 Å². The zero-order valence-electron chi connectivity index (χ0n) is 16.5. The Labute approximate surface area is 173 Å². The number of methoxy groups -OCH3 is 1. The van der Waals surface area contributed by atoms with Crippen molar-refractivity contribution >= 4 is 23.3 Å². The number of carboxylic acid groups (broad SMARTS) is 1. The number of carbonyl (C=O) groups is 2. The van der Waals surface area contributed by atoms with E-state index in [1.54, 1.807) is 38.3 Å². The number of hydrogen-bond acceptors (Lipinski definition) is 6. The van der Waals surface area contributed by atoms with E-state index >= 15 is 0 Å². The second kappa shape index (κ2) is 9.42. The predicted molar refractivity (Wildman–Crippen MR) is 113 cm³/mol. The number of nitrogens with one attached hydrogen (secondary N) is 2. The molecule has 0 saturated heterocycles. The van der Waals surface area contributed by atoms with E-state index in [0.29, 0.717) is 17.2 Å². The van der Waals surface area contributed by atoms with Crippen molar-refractivity contribution < 1.29 is 23.8 Å². The molecule has 3 aromatic rings. The minimum atomic E-state index is -1.11. The number of furan rings is 1. The lowest BCUT2D eigenvalue weighted by Gasteiger charge is -2.08. The zero-order chi connectivity index (χ0) is 21.5. The summed E-state index contributed by atoms with van der Waals surface area (Å²) >= 11 is 0. The fraction of sp³-hybridized carbons (Fsp3) is 0.136. The van der Waals surface area contributed by atoms with Gasteiger partial charge in [0.05, 0.1) is 19.4 Å². The highest BCUT2D eigenvalue weighted by atomic mass is 16.5. The Bertz CT molecular complexity index is 1070. The lowest BCUT2D eigenvalue weighted by molar-refractivity contribution is -0.119. The van der Waals surface area contributed by atoms with Crippen LogP contribution in [0.1, 0.15) is 23.0 Å². The molecule has 8 nitrogen and oxygen atoms in total. The number of hydrazone groups is 1. The van der Waals surface area contributed by atoms with Gasteiger partial charge in [-0.25, -0.2) is 10.2 Å². The summed E-state index contributed by atoms with van der Waals surface area (Å²) in [6.07, 6.45) is 0. The molecule has 1 heterocycles. The van der Waals surface area contributed by atoms with Crippen LogP contribution in [0.25, 0.3) is 11.3 Å². The quantitative estimate of drug-likeness (QED) is 0.388. The summed E-state index contributed by atoms with van der Waals surface area (Å²) in [4.78, 5) is 22.9. The molecule has 0 saturated carbocycles. The summed E-state index contributed by atoms with van der Waals surface area (Å²) in [6, 6.07) is 17.5. The second-order valence-corrected chi connectivity index (χ2v) is 6.36. The lowest BCUT2D eigenvalue weighted by atomic mass is 10.1. The average molecular weight is 407 g/mol. The largest absolute Gasteiger partial charge is 0.497 e. The molecule has 30 heavy (non-hydrogen) atoms. The summed E-state index contributed by atoms with van der Waals surface area (Å²) in [5, 5.41) is 16.1. The molecule has 0 spiro atoms. The molecule has 1 amide bonds. The molecule has 0 bridgehead atoms. The van der Waals surface area contributed by atoms with Gasteiger partial charge < -0.3 is 19.6 Å². The summed E-state index contributed by atoms with van der Waals surface area (Å²) in [7, 11) is 1.58. The van der Waals surface area contributed by atoms with E-state index in [9.17, 15) is 9.59 Å². The number of amides is 1. The van der Waals surface area contributed by atoms with Gasteiger partial charge in [0.15, 0.2) is 0 Å². The number of nitrogens with zero attached hydrogens (tertiary/aromatic N) is 1. The summed E-state index contributed by atoms with van der Waals surface area (Å²) in [5.74, 6) is -0.350. The number of benzene rings is 2. The molecule has 1 aromatic heterocycles. The third-order valence-corrected chi connectivity index (χ3v) is 4.28. The van der Waals surface area contributed by atoms with Crippen molar-refractivity contribution in [2.75, 3.05) is 19.0 Å². The molecule has 0 aliphatic heterocycles. The highest BCUT2D eigenvalue weighted by Crippen LogP contribution is 2.23. The Hall–Kier alpha value is -4.07. The number of ether oxygens (including phenoxy) is 1. The minimum absolute atomic E-state index is 0.0628. The van der Waals surface area contributed by atoms with Crippen molar-refractivity contribution in [3.63, 3.8) is 0 Å². The van der Waals surface area contributed by atoms with E-state index in [0.717, 1.165) is 16.8 Å². The van der Waals surface area contributed by atoms with Crippen molar-refractivity contribution in [2.24, 2.45) is 5.10 Å². The molecule has 0 aliphatic carbocycles. The maximum atomic E-state index is 12.0. The van der Waals surface area contributed by atoms with Gasteiger partial charge in [0.2, 0.25) is 5.76 Å². The van der Waals surface area contributed by atoms with Gasteiger partial charge in [-0.05, 0) is 36.8 Å². The Morgan fingerprint density at radius 3 is 2.53 bits per heavy atom. The Balaban J connectivity index is 1.56. The molecule has 3 rings (SSSR count). The van der Waals surface area contributed by atoms with Crippen LogP contribution in [0.3, 0.4) is 0 Å². The van der Waals surface area contributed by atoms with Gasteiger partial charge in [0.25, 0.3) is 5.91 Å². The predicted octanol–water partition coefficient (Wildman–Crippen LogP) is 3.61. The van der Waals surface area contributed by atoms with Gasteiger partial charge in [-0.3, -0.25) is 4.79 Å². The molecule has 2 aromatic carbocycles. The van der Waals surface area contributed by atoms with E-state index in [4.69, 9.17) is 14.3 Å². The summed E-state index contributed by atoms with van der Waals surface area (Å²) in [5.41, 5.74) is 5.46. The van der Waals surface area contributed by atoms with Crippen LogP contribution >= 0.6 is 0 Å². The molecule has 3 N–H and O–H groups in total. The van der Waals surface area contributed by atoms with E-state index in [1.807, 2.05) is 30.3 Å². The van der Waals surface area contributed by atoms with Crippen molar-refractivity contribution in [2.45, 2.75) is 6.92 Å². The van der Waals surface area contributed by atoms with Gasteiger partial charge >= 0.3 is 5.97 Å². The van der Waals surface area contributed by atoms with Crippen molar-refractivity contribution in [1.29, 1.82) is 0 Å². The van der Waals surface area contributed by atoms with Gasteiger partial charge in [-0.2, -0.15) is 5.10 Å². The van der Waals surface area contributed by atoms with Crippen LogP contribution in [0.2, 0.25) is 0 Å². The zero-order valence-corrected chi connectivity index (χ0v) is 16.5. The molecule has 0 radical (unpaired) electrons. The maximum Gasteiger partial charge on any atom is 0.371 e. The first-order chi connectivity index (χ1) is 14.5. The molecule has 8 heteroatoms. The topological polar surface area (TPSA) is 113 Å². The van der Waals surface area contributed by atoms with Crippen LogP contribution in [0.5, 0.6) is 5.75 Å². The number of anilines is 1. The second-order valence-electron chi connectivity index (χ2n) is 6.36. The Kier molecular flexibility index (Phi) is 6.49. The first-order valence-corrected chi connectivity index (χ1v) is 9.11. The number of carbonyl (C=O) groups excluding carboxylic acids is 1. The van der Waals surface area contributed by atoms with Crippen LogP contribution in [0.4, 0.5) is 5.69 Å². The van der Waals surface area contributed by atoms with Crippen molar-refractivity contribution in [3.05, 3.63) is 72.0 Å². The van der Waals surface area contributed by atoms with Gasteiger partial charge in [0.1, 0.15) is 11.5 Å². The number of hydrogen-bond donors (Lipinski definition) is 3. The first kappa shape index (κ1) is 20.7. The average Bonchev–Trinajstić information content (AvgIpc) is 3.27. The van der Waals surface area contributed by atoms with Crippen LogP contribution in [-0.2, 0) is 4.79 Å². The fourth-order valence-corrected chi connectivity index (χ4v) is 2.65. The van der Waals surface area contributed by atoms with Crippen LogP contribution in [-0.4, -0.2) is 36.3 Å². The normalized spacial score (nSPS) is 11.1. The van der Waals surface area contributed by atoms with E-state index in [2.05, 4.69) is 15.8 Å². The Morgan fingerprint density at radius 1 is 1.10 bits per heavy atom. The Morgan fingerprint density at radius 2 is 1.87 bits per heavy atom. The van der Waals surface area contributed by atoms with Crippen molar-refractivity contribution in [3.8, 4) is 17.1 Å². The third kappa shape index (κ3) is 5.26. The smallest absolute Gasteiger partial charge is 0.371 e. The fourth-order valence-electron chi connectivity index (χ4n) is 2.65. The van der Waals surface area contributed by atoms with Gasteiger partial charge in [-0.15, -0.1) is 0 Å². The highest BCUT2D eigenvalue weighted by Gasteiger charge is 2.10. The van der Waals surface area contributed by atoms with E-state index in [1.165, 1.54) is 6.07 Å². The monoisotopic (exact) mass is 407 g/mol. The SMILES string of the molecule is COc1cccc(NCC(=O)N/N=C(/C)c2ccc(-c3ccc(C(=O)O)o3)cc2)c1. The van der Waals surface area contributed by atoms with Gasteiger partial charge in [0, 0.05) is 17.3 Å². The first-order valence-electron chi connectivity index (χ1n) is 9.11. The molecule has 0 aliphatic rings. The van der Waals surface area contributed by atoms with Crippen LogP contribution < -0.4 is 15.5 Å². The van der Waals surface area contributed by atoms with Crippen LogP contribution in [0.15, 0.2) is 70.2 Å². The third-order valence-electron chi connectivity index (χ3n) is 4.28. The van der Waals surface area contributed by atoms with E-state index in [-0.39, 0.29) is 18.2 Å². The number of carboxylic acids is 1. The lowest BCUT2D eigenvalue weighted by Crippen LogP contribution is -2.26. The summed E-state index contributed by atoms with van der Waals surface area (Å²) < 4.78 is 10.4. The highest BCUT2D eigenvalue weighted by molar-refractivity contribution is 5.99. The molecule has 0 atom stereocenters. The molecule has 0 fully saturated rings. The number of aromatic carboxylic acids is 1. The molecular formula is C22H21N3O5. The standard InChI is InChI=1S/C22H21N3O5/c1-14(24-25-21(26)13-23-17-4-3-5-18(12-17)29-2)15-6-8-16(9-7-15)19-10-11-20(30-19)22(27)28/h3-12,23H,13H2,1-2H3,(H,25,26)(H,27,28)/b24-14-. The van der Waals surface area contributed by atoms with E-state index < -0.39 is 5.97 Å². The molecular weight excluding hydrogens is 386 g/mol. The molecule has 0 unspecified atom stereocenters. The number of rotatable bonds is 8. The van der Waals surface area contributed by atoms with Crippen molar-refractivity contribution in [1.82, 2.24) is 5.43 Å². The maximum absolute atomic E-state index is 12.0. The minimum Gasteiger partial charge on any atom is -0.497 e. The molecule has 154 valence electrons. The summed E-state index contributed by atoms with van der Waals surface area (Å²) in [6.45, 7) is 1.84.